The summed E-state index contributed by atoms with van der Waals surface area (Å²) in [4.78, 5) is 13.7. The molecule has 1 saturated heterocycles. The number of hydrogen-bond donors (Lipinski definition) is 2. The minimum Gasteiger partial charge on any atom is -0.375 e. The molecule has 1 rings (SSSR count). The van der Waals surface area contributed by atoms with Crippen molar-refractivity contribution in [2.45, 2.75) is 31.7 Å². The number of sulfonamides is 1. The average molecular weight is 290 g/mol. The maximum absolute atomic E-state index is 11.9. The molecule has 0 saturated carbocycles. The number of carbonyl (C=O) groups is 1. The van der Waals surface area contributed by atoms with E-state index in [-0.39, 0.29) is 5.91 Å². The maximum Gasteiger partial charge on any atom is 0.251 e. The zero-order valence-corrected chi connectivity index (χ0v) is 12.0. The van der Waals surface area contributed by atoms with Gasteiger partial charge in [-0.2, -0.15) is 4.40 Å². The van der Waals surface area contributed by atoms with Gasteiger partial charge in [0.25, 0.3) is 10.0 Å². The number of nitrogens with one attached hydrogen (secondary N) is 1. The third-order valence-corrected chi connectivity index (χ3v) is 3.40. The SMILES string of the molecule is CS(=O)(=O)N=CNCCCC(N)C(=O)N1CCCC1. The average Bonchev–Trinajstić information content (AvgIpc) is 2.84. The lowest BCUT2D eigenvalue weighted by Crippen LogP contribution is -2.42. The molecule has 1 aliphatic rings. The van der Waals surface area contributed by atoms with Crippen LogP contribution in [0.3, 0.4) is 0 Å². The fraction of sp³-hybridized carbons (Fsp3) is 0.818. The van der Waals surface area contributed by atoms with Crippen LogP contribution < -0.4 is 11.1 Å². The highest BCUT2D eigenvalue weighted by atomic mass is 32.2. The van der Waals surface area contributed by atoms with Gasteiger partial charge in [0.15, 0.2) is 0 Å². The zero-order chi connectivity index (χ0) is 14.3. The van der Waals surface area contributed by atoms with Crippen molar-refractivity contribution >= 4 is 22.3 Å². The van der Waals surface area contributed by atoms with Gasteiger partial charge in [-0.05, 0) is 25.7 Å². The normalized spacial score (nSPS) is 17.9. The van der Waals surface area contributed by atoms with Crippen LogP contribution >= 0.6 is 0 Å². The molecule has 8 heteroatoms. The van der Waals surface area contributed by atoms with E-state index in [4.69, 9.17) is 5.73 Å². The minimum absolute atomic E-state index is 0.0160. The molecule has 0 aromatic carbocycles. The van der Waals surface area contributed by atoms with Crippen LogP contribution in [0.15, 0.2) is 4.40 Å². The van der Waals surface area contributed by atoms with Gasteiger partial charge in [0, 0.05) is 19.6 Å². The quantitative estimate of drug-likeness (QED) is 0.366. The molecule has 3 N–H and O–H groups in total. The van der Waals surface area contributed by atoms with Crippen molar-refractivity contribution in [1.82, 2.24) is 10.2 Å². The van der Waals surface area contributed by atoms with Crippen LogP contribution in [0.2, 0.25) is 0 Å². The lowest BCUT2D eigenvalue weighted by molar-refractivity contribution is -0.131. The summed E-state index contributed by atoms with van der Waals surface area (Å²) in [5, 5.41) is 2.75. The summed E-state index contributed by atoms with van der Waals surface area (Å²) < 4.78 is 24.7. The van der Waals surface area contributed by atoms with Crippen LogP contribution in [0.25, 0.3) is 0 Å². The molecular weight excluding hydrogens is 268 g/mol. The number of amides is 1. The summed E-state index contributed by atoms with van der Waals surface area (Å²) in [6.45, 7) is 2.16. The molecule has 1 heterocycles. The molecule has 0 aromatic heterocycles. The number of rotatable bonds is 7. The van der Waals surface area contributed by atoms with Gasteiger partial charge in [0.1, 0.15) is 6.34 Å². The number of nitrogens with two attached hydrogens (primary N) is 1. The summed E-state index contributed by atoms with van der Waals surface area (Å²) in [5.41, 5.74) is 5.83. The van der Waals surface area contributed by atoms with Crippen LogP contribution in [0.1, 0.15) is 25.7 Å². The Hall–Kier alpha value is -1.15. The molecule has 0 aromatic rings. The molecule has 19 heavy (non-hydrogen) atoms. The van der Waals surface area contributed by atoms with Crippen molar-refractivity contribution < 1.29 is 13.2 Å². The van der Waals surface area contributed by atoms with E-state index in [2.05, 4.69) is 9.71 Å². The number of likely N-dealkylation sites (tertiary alicyclic amines) is 1. The lowest BCUT2D eigenvalue weighted by atomic mass is 10.1. The van der Waals surface area contributed by atoms with Crippen LogP contribution in [0, 0.1) is 0 Å². The largest absolute Gasteiger partial charge is 0.375 e. The van der Waals surface area contributed by atoms with E-state index in [1.54, 1.807) is 0 Å². The molecule has 0 radical (unpaired) electrons. The van der Waals surface area contributed by atoms with Crippen LogP contribution in [0.5, 0.6) is 0 Å². The van der Waals surface area contributed by atoms with Gasteiger partial charge < -0.3 is 16.0 Å². The van der Waals surface area contributed by atoms with E-state index in [0.29, 0.717) is 19.4 Å². The summed E-state index contributed by atoms with van der Waals surface area (Å²) in [6, 6.07) is -0.466. The summed E-state index contributed by atoms with van der Waals surface area (Å²) >= 11 is 0. The second kappa shape index (κ2) is 7.44. The van der Waals surface area contributed by atoms with E-state index in [0.717, 1.165) is 38.5 Å². The molecule has 0 spiro atoms. The fourth-order valence-electron chi connectivity index (χ4n) is 1.92. The van der Waals surface area contributed by atoms with E-state index in [1.807, 2.05) is 4.90 Å². The molecular formula is C11H22N4O3S. The Labute approximate surface area is 114 Å². The first-order valence-corrected chi connectivity index (χ1v) is 8.26. The van der Waals surface area contributed by atoms with Crippen molar-refractivity contribution in [3.05, 3.63) is 0 Å². The first-order chi connectivity index (χ1) is 8.90. The van der Waals surface area contributed by atoms with E-state index >= 15 is 0 Å². The third kappa shape index (κ3) is 6.53. The van der Waals surface area contributed by atoms with E-state index < -0.39 is 16.1 Å². The first kappa shape index (κ1) is 15.9. The first-order valence-electron chi connectivity index (χ1n) is 6.42. The van der Waals surface area contributed by atoms with Gasteiger partial charge in [-0.15, -0.1) is 0 Å². The number of carbonyl (C=O) groups excluding carboxylic acids is 1. The van der Waals surface area contributed by atoms with Gasteiger partial charge in [-0.1, -0.05) is 0 Å². The highest BCUT2D eigenvalue weighted by Crippen LogP contribution is 2.10. The highest BCUT2D eigenvalue weighted by Gasteiger charge is 2.22. The van der Waals surface area contributed by atoms with Crippen LogP contribution in [-0.4, -0.2) is 57.5 Å². The van der Waals surface area contributed by atoms with Crippen molar-refractivity contribution in [3.63, 3.8) is 0 Å². The molecule has 110 valence electrons. The Bertz CT molecular complexity index is 416. The van der Waals surface area contributed by atoms with Crippen LogP contribution in [-0.2, 0) is 14.8 Å². The molecule has 0 aliphatic carbocycles. The van der Waals surface area contributed by atoms with Crippen LogP contribution in [0.4, 0.5) is 0 Å². The molecule has 7 nitrogen and oxygen atoms in total. The Morgan fingerprint density at radius 3 is 2.68 bits per heavy atom. The van der Waals surface area contributed by atoms with Gasteiger partial charge in [0.05, 0.1) is 12.3 Å². The second-order valence-electron chi connectivity index (χ2n) is 4.70. The van der Waals surface area contributed by atoms with Gasteiger partial charge >= 0.3 is 0 Å². The van der Waals surface area contributed by atoms with E-state index in [9.17, 15) is 13.2 Å². The predicted molar refractivity (Wildman–Crippen MR) is 74.4 cm³/mol. The Morgan fingerprint density at radius 2 is 2.11 bits per heavy atom. The molecule has 1 atom stereocenters. The van der Waals surface area contributed by atoms with Gasteiger partial charge in [-0.3, -0.25) is 4.79 Å². The second-order valence-corrected chi connectivity index (χ2v) is 6.38. The van der Waals surface area contributed by atoms with E-state index in [1.165, 1.54) is 0 Å². The molecule has 1 amide bonds. The molecule has 1 unspecified atom stereocenters. The molecule has 0 bridgehead atoms. The van der Waals surface area contributed by atoms with Crippen molar-refractivity contribution in [2.75, 3.05) is 25.9 Å². The zero-order valence-electron chi connectivity index (χ0n) is 11.2. The Morgan fingerprint density at radius 1 is 1.47 bits per heavy atom. The summed E-state index contributed by atoms with van der Waals surface area (Å²) in [6.07, 6.45) is 5.56. The Kier molecular flexibility index (Phi) is 6.23. The number of nitrogens with zero attached hydrogens (tertiary/aromatic N) is 2. The highest BCUT2D eigenvalue weighted by molar-refractivity contribution is 7.89. The Balaban J connectivity index is 2.15. The molecule has 1 fully saturated rings. The number of hydrogen-bond acceptors (Lipinski definition) is 4. The third-order valence-electron chi connectivity index (χ3n) is 2.91. The summed E-state index contributed by atoms with van der Waals surface area (Å²) in [5.74, 6) is 0.0160. The topological polar surface area (TPSA) is 105 Å². The van der Waals surface area contributed by atoms with Crippen molar-refractivity contribution in [1.29, 1.82) is 0 Å². The summed E-state index contributed by atoms with van der Waals surface area (Å²) in [7, 11) is -3.33. The predicted octanol–water partition coefficient (Wildman–Crippen LogP) is -0.706. The van der Waals surface area contributed by atoms with Crippen molar-refractivity contribution in [2.24, 2.45) is 10.1 Å². The van der Waals surface area contributed by atoms with Gasteiger partial charge in [-0.25, -0.2) is 8.42 Å². The fourth-order valence-corrected chi connectivity index (χ4v) is 2.18. The lowest BCUT2D eigenvalue weighted by Gasteiger charge is -2.20. The smallest absolute Gasteiger partial charge is 0.251 e. The van der Waals surface area contributed by atoms with Gasteiger partial charge in [0.2, 0.25) is 5.91 Å². The monoisotopic (exact) mass is 290 g/mol. The standard InChI is InChI=1S/C11H22N4O3S/c1-19(17,18)14-9-13-6-4-5-10(12)11(16)15-7-2-3-8-15/h9-10H,2-8,12H2,1H3,(H,13,14). The maximum atomic E-state index is 11.9. The minimum atomic E-state index is -3.33. The molecule has 1 aliphatic heterocycles. The van der Waals surface area contributed by atoms with Crippen molar-refractivity contribution in [3.8, 4) is 0 Å².